The Hall–Kier alpha value is -2.52. The van der Waals surface area contributed by atoms with Gasteiger partial charge in [0.15, 0.2) is 0 Å². The van der Waals surface area contributed by atoms with Crippen LogP contribution in [0.1, 0.15) is 5.56 Å². The van der Waals surface area contributed by atoms with Gasteiger partial charge in [-0.25, -0.2) is 0 Å². The van der Waals surface area contributed by atoms with E-state index in [-0.39, 0.29) is 11.4 Å². The summed E-state index contributed by atoms with van der Waals surface area (Å²) in [6.07, 6.45) is 0. The van der Waals surface area contributed by atoms with E-state index in [0.717, 1.165) is 4.90 Å². The highest BCUT2D eigenvalue weighted by atomic mass is 32.2. The fourth-order valence-corrected chi connectivity index (χ4v) is 2.33. The second kappa shape index (κ2) is 5.42. The third-order valence-corrected chi connectivity index (χ3v) is 3.44. The lowest BCUT2D eigenvalue weighted by Crippen LogP contribution is -1.87. The van der Waals surface area contributed by atoms with E-state index < -0.39 is 4.92 Å². The summed E-state index contributed by atoms with van der Waals surface area (Å²) in [7, 11) is 0. The van der Waals surface area contributed by atoms with E-state index >= 15 is 0 Å². The molecule has 2 aromatic rings. The van der Waals surface area contributed by atoms with Crippen LogP contribution in [0.3, 0.4) is 0 Å². The summed E-state index contributed by atoms with van der Waals surface area (Å²) >= 11 is 1.31. The number of rotatable bonds is 3. The van der Waals surface area contributed by atoms with Crippen LogP contribution in [0.2, 0.25) is 0 Å². The predicted molar refractivity (Wildman–Crippen MR) is 70.0 cm³/mol. The Morgan fingerprint density at radius 2 is 1.89 bits per heavy atom. The van der Waals surface area contributed by atoms with Gasteiger partial charge in [0.05, 0.1) is 10.5 Å². The van der Waals surface area contributed by atoms with Crippen molar-refractivity contribution in [1.29, 1.82) is 5.26 Å². The molecule has 0 aromatic heterocycles. The van der Waals surface area contributed by atoms with Crippen LogP contribution in [0.15, 0.2) is 52.3 Å². The molecule has 2 aromatic carbocycles. The summed E-state index contributed by atoms with van der Waals surface area (Å²) in [5.74, 6) is 0.0320. The van der Waals surface area contributed by atoms with Gasteiger partial charge in [0.1, 0.15) is 11.8 Å². The average molecular weight is 272 g/mol. The Morgan fingerprint density at radius 3 is 2.47 bits per heavy atom. The number of phenols is 1. The van der Waals surface area contributed by atoms with Gasteiger partial charge < -0.3 is 5.11 Å². The van der Waals surface area contributed by atoms with Crippen molar-refractivity contribution < 1.29 is 10.0 Å². The Labute approximate surface area is 113 Å². The van der Waals surface area contributed by atoms with Gasteiger partial charge in [0, 0.05) is 21.9 Å². The minimum atomic E-state index is -0.463. The number of nitro groups is 1. The summed E-state index contributed by atoms with van der Waals surface area (Å²) in [6.45, 7) is 0. The number of hydrogen-bond acceptors (Lipinski definition) is 5. The number of phenolic OH excluding ortho intramolecular Hbond substituents is 1. The number of hydrogen-bond donors (Lipinski definition) is 1. The largest absolute Gasteiger partial charge is 0.508 e. The van der Waals surface area contributed by atoms with E-state index in [1.165, 1.54) is 36.0 Å². The molecule has 0 amide bonds. The molecule has 0 saturated carbocycles. The molecule has 0 radical (unpaired) electrons. The van der Waals surface area contributed by atoms with Crippen molar-refractivity contribution in [2.75, 3.05) is 0 Å². The van der Waals surface area contributed by atoms with Crippen molar-refractivity contribution in [1.82, 2.24) is 0 Å². The molecule has 2 rings (SSSR count). The molecule has 0 fully saturated rings. The summed E-state index contributed by atoms with van der Waals surface area (Å²) in [4.78, 5) is 11.5. The first-order valence-electron chi connectivity index (χ1n) is 5.25. The van der Waals surface area contributed by atoms with Gasteiger partial charge in [-0.1, -0.05) is 11.8 Å². The molecule has 0 aliphatic carbocycles. The van der Waals surface area contributed by atoms with Crippen LogP contribution in [0.25, 0.3) is 0 Å². The number of aromatic hydroxyl groups is 1. The fourth-order valence-electron chi connectivity index (χ4n) is 1.46. The smallest absolute Gasteiger partial charge is 0.269 e. The number of nitriles is 1. The average Bonchev–Trinajstić information content (AvgIpc) is 2.41. The fraction of sp³-hybridized carbons (Fsp3) is 0. The van der Waals surface area contributed by atoms with E-state index in [1.807, 2.05) is 6.07 Å². The van der Waals surface area contributed by atoms with Crippen LogP contribution in [0, 0.1) is 21.4 Å². The van der Waals surface area contributed by atoms with Crippen molar-refractivity contribution in [3.63, 3.8) is 0 Å². The van der Waals surface area contributed by atoms with Gasteiger partial charge in [-0.3, -0.25) is 10.1 Å². The first-order valence-corrected chi connectivity index (χ1v) is 6.07. The van der Waals surface area contributed by atoms with Gasteiger partial charge in [0.2, 0.25) is 0 Å². The molecule has 0 heterocycles. The lowest BCUT2D eigenvalue weighted by atomic mass is 10.2. The molecule has 0 aliphatic rings. The van der Waals surface area contributed by atoms with Crippen molar-refractivity contribution in [2.24, 2.45) is 0 Å². The molecular formula is C13H8N2O3S. The number of non-ortho nitro benzene ring substituents is 1. The molecule has 0 atom stereocenters. The monoisotopic (exact) mass is 272 g/mol. The van der Waals surface area contributed by atoms with Crippen LogP contribution in [-0.2, 0) is 0 Å². The molecule has 0 saturated heterocycles. The topological polar surface area (TPSA) is 87.2 Å². The van der Waals surface area contributed by atoms with Gasteiger partial charge >= 0.3 is 0 Å². The highest BCUT2D eigenvalue weighted by Gasteiger charge is 2.08. The van der Waals surface area contributed by atoms with Gasteiger partial charge in [-0.05, 0) is 30.3 Å². The third-order valence-electron chi connectivity index (χ3n) is 2.36. The van der Waals surface area contributed by atoms with Crippen molar-refractivity contribution in [2.45, 2.75) is 9.79 Å². The van der Waals surface area contributed by atoms with Crippen LogP contribution in [-0.4, -0.2) is 10.0 Å². The van der Waals surface area contributed by atoms with Crippen LogP contribution in [0.5, 0.6) is 5.75 Å². The van der Waals surface area contributed by atoms with Crippen molar-refractivity contribution in [3.8, 4) is 11.8 Å². The van der Waals surface area contributed by atoms with E-state index in [9.17, 15) is 15.2 Å². The lowest BCUT2D eigenvalue weighted by molar-refractivity contribution is -0.384. The Morgan fingerprint density at radius 1 is 1.21 bits per heavy atom. The van der Waals surface area contributed by atoms with E-state index in [2.05, 4.69) is 0 Å². The molecule has 94 valence electrons. The highest BCUT2D eigenvalue weighted by molar-refractivity contribution is 7.99. The maximum Gasteiger partial charge on any atom is 0.269 e. The Kier molecular flexibility index (Phi) is 3.68. The maximum absolute atomic E-state index is 10.5. The number of nitro benzene ring substituents is 1. The molecule has 1 N–H and O–H groups in total. The van der Waals surface area contributed by atoms with Crippen LogP contribution >= 0.6 is 11.8 Å². The van der Waals surface area contributed by atoms with Crippen molar-refractivity contribution in [3.05, 3.63) is 58.1 Å². The van der Waals surface area contributed by atoms with Crippen LogP contribution < -0.4 is 0 Å². The summed E-state index contributed by atoms with van der Waals surface area (Å²) < 4.78 is 0. The minimum Gasteiger partial charge on any atom is -0.508 e. The molecule has 19 heavy (non-hydrogen) atoms. The molecule has 0 aliphatic heterocycles. The standard InChI is InChI=1S/C13H8N2O3S/c14-8-9-7-11(16)3-6-13(9)19-12-4-1-10(2-5-12)15(17)18/h1-7,16H. The first kappa shape index (κ1) is 12.9. The second-order valence-electron chi connectivity index (χ2n) is 3.65. The Bertz CT molecular complexity index is 663. The molecule has 6 heteroatoms. The zero-order chi connectivity index (χ0) is 13.8. The normalized spacial score (nSPS) is 9.84. The Balaban J connectivity index is 2.26. The highest BCUT2D eigenvalue weighted by Crippen LogP contribution is 2.32. The molecule has 0 unspecified atom stereocenters. The molecule has 5 nitrogen and oxygen atoms in total. The molecular weight excluding hydrogens is 264 g/mol. The molecule has 0 spiro atoms. The summed E-state index contributed by atoms with van der Waals surface area (Å²) in [5.41, 5.74) is 0.388. The van der Waals surface area contributed by atoms with Crippen LogP contribution in [0.4, 0.5) is 5.69 Å². The van der Waals surface area contributed by atoms with Crippen molar-refractivity contribution >= 4 is 17.4 Å². The predicted octanol–water partition coefficient (Wildman–Crippen LogP) is 3.32. The lowest BCUT2D eigenvalue weighted by Gasteiger charge is -2.04. The SMILES string of the molecule is N#Cc1cc(O)ccc1Sc1ccc([N+](=O)[O-])cc1. The maximum atomic E-state index is 10.5. The van der Waals surface area contributed by atoms with E-state index in [1.54, 1.807) is 18.2 Å². The quantitative estimate of drug-likeness (QED) is 0.684. The van der Waals surface area contributed by atoms with E-state index in [0.29, 0.717) is 10.5 Å². The molecule has 0 bridgehead atoms. The van der Waals surface area contributed by atoms with Gasteiger partial charge in [-0.2, -0.15) is 5.26 Å². The zero-order valence-corrected chi connectivity index (χ0v) is 10.4. The summed E-state index contributed by atoms with van der Waals surface area (Å²) in [6, 6.07) is 12.6. The van der Waals surface area contributed by atoms with E-state index in [4.69, 9.17) is 5.26 Å². The second-order valence-corrected chi connectivity index (χ2v) is 4.76. The van der Waals surface area contributed by atoms with Gasteiger partial charge in [-0.15, -0.1) is 0 Å². The number of benzene rings is 2. The zero-order valence-electron chi connectivity index (χ0n) is 9.61. The minimum absolute atomic E-state index is 0.0237. The number of nitrogens with zero attached hydrogens (tertiary/aromatic N) is 2. The van der Waals surface area contributed by atoms with Gasteiger partial charge in [0.25, 0.3) is 5.69 Å². The third kappa shape index (κ3) is 3.03. The first-order chi connectivity index (χ1) is 9.10. The summed E-state index contributed by atoms with van der Waals surface area (Å²) in [5, 5.41) is 28.8.